The molecule has 2 saturated carbocycles. The Morgan fingerprint density at radius 1 is 1.00 bits per heavy atom. The van der Waals surface area contributed by atoms with E-state index < -0.39 is 0 Å². The first-order valence-electron chi connectivity index (χ1n) is 10.6. The molecule has 5 atom stereocenters. The van der Waals surface area contributed by atoms with Crippen LogP contribution in [0.2, 0.25) is 0 Å². The predicted molar refractivity (Wildman–Crippen MR) is 105 cm³/mol. The van der Waals surface area contributed by atoms with Crippen LogP contribution >= 0.6 is 0 Å². The number of fused-ring (bicyclic) bond motifs is 7. The molecule has 0 aromatic heterocycles. The van der Waals surface area contributed by atoms with E-state index in [0.717, 1.165) is 29.6 Å². The Bertz CT molecular complexity index is 738. The van der Waals surface area contributed by atoms with Crippen LogP contribution < -0.4 is 24.8 Å². The SMILES string of the molecule is C[C-]1C2=C3Cc4ccccc4C3C3CCCCC3C2CC(C)C1(C)C.[Cl-].[Cl-].[Zr+3]. The average Bonchev–Trinajstić information content (AvgIpc) is 2.99. The summed E-state index contributed by atoms with van der Waals surface area (Å²) in [4.78, 5) is 0. The van der Waals surface area contributed by atoms with Crippen molar-refractivity contribution in [2.75, 3.05) is 0 Å². The molecule has 1 aromatic carbocycles. The summed E-state index contributed by atoms with van der Waals surface area (Å²) in [5.41, 5.74) is 7.35. The molecule has 4 aliphatic carbocycles. The molecule has 0 nitrogen and oxygen atoms in total. The third kappa shape index (κ3) is 3.40. The minimum Gasteiger partial charge on any atom is -1.00 e. The molecule has 0 aliphatic heterocycles. The largest absolute Gasteiger partial charge is 3.00 e. The van der Waals surface area contributed by atoms with Crippen LogP contribution in [0.1, 0.15) is 76.8 Å². The van der Waals surface area contributed by atoms with Gasteiger partial charge in [0.15, 0.2) is 0 Å². The summed E-state index contributed by atoms with van der Waals surface area (Å²) in [6, 6.07) is 9.38. The van der Waals surface area contributed by atoms with Crippen LogP contribution in [0.25, 0.3) is 0 Å². The maximum Gasteiger partial charge on any atom is 3.00 e. The standard InChI is InChI=1S/C25H33.2ClH.Zr/c1-15-13-21-19-11-7-8-12-20(19)24-18-10-6-5-9-17(18)14-22(24)23(21)16(2)25(15,3)4;;;/h5-6,9-10,15,19-21,24H,7-8,11-14H2,1-4H3;2*1H;/q-1;;;+3/p-2. The molecule has 151 valence electrons. The summed E-state index contributed by atoms with van der Waals surface area (Å²) >= 11 is 0. The van der Waals surface area contributed by atoms with E-state index in [1.54, 1.807) is 17.0 Å². The van der Waals surface area contributed by atoms with Crippen molar-refractivity contribution in [3.63, 3.8) is 0 Å². The van der Waals surface area contributed by atoms with E-state index >= 15 is 0 Å². The van der Waals surface area contributed by atoms with Crippen LogP contribution in [-0.4, -0.2) is 0 Å². The van der Waals surface area contributed by atoms with Gasteiger partial charge in [0.2, 0.25) is 0 Å². The van der Waals surface area contributed by atoms with Crippen LogP contribution in [0, 0.1) is 35.0 Å². The van der Waals surface area contributed by atoms with Gasteiger partial charge in [0.25, 0.3) is 0 Å². The molecule has 0 bridgehead atoms. The molecule has 0 heterocycles. The summed E-state index contributed by atoms with van der Waals surface area (Å²) in [5.74, 6) is 6.00. The van der Waals surface area contributed by atoms with Crippen molar-refractivity contribution in [2.24, 2.45) is 29.1 Å². The van der Waals surface area contributed by atoms with Gasteiger partial charge >= 0.3 is 26.2 Å². The topological polar surface area (TPSA) is 0 Å². The van der Waals surface area contributed by atoms with E-state index in [1.165, 1.54) is 38.5 Å². The van der Waals surface area contributed by atoms with Crippen molar-refractivity contribution in [1.82, 2.24) is 0 Å². The molecule has 1 radical (unpaired) electrons. The van der Waals surface area contributed by atoms with Crippen molar-refractivity contribution in [1.29, 1.82) is 0 Å². The maximum atomic E-state index is 2.51. The number of hydrogen-bond donors (Lipinski definition) is 0. The van der Waals surface area contributed by atoms with Gasteiger partial charge in [0, 0.05) is 0 Å². The predicted octanol–water partition coefficient (Wildman–Crippen LogP) is 0.725. The molecule has 3 heteroatoms. The van der Waals surface area contributed by atoms with Crippen molar-refractivity contribution in [3.8, 4) is 0 Å². The molecule has 4 aliphatic rings. The van der Waals surface area contributed by atoms with Gasteiger partial charge in [-0.2, -0.15) is 0 Å². The molecular formula is C25H33Cl2Zr. The van der Waals surface area contributed by atoms with Crippen molar-refractivity contribution in [2.45, 2.75) is 72.1 Å². The third-order valence-corrected chi connectivity index (χ3v) is 8.89. The fourth-order valence-electron chi connectivity index (χ4n) is 7.01. The van der Waals surface area contributed by atoms with Crippen LogP contribution in [0.15, 0.2) is 35.4 Å². The minimum absolute atomic E-state index is 0. The van der Waals surface area contributed by atoms with Gasteiger partial charge in [-0.1, -0.05) is 99.1 Å². The van der Waals surface area contributed by atoms with Gasteiger partial charge in [-0.15, -0.1) is 6.92 Å². The van der Waals surface area contributed by atoms with Crippen molar-refractivity contribution < 1.29 is 51.0 Å². The summed E-state index contributed by atoms with van der Waals surface area (Å²) in [6.07, 6.45) is 8.52. The third-order valence-electron chi connectivity index (χ3n) is 8.89. The molecule has 2 fully saturated rings. The van der Waals surface area contributed by atoms with Crippen molar-refractivity contribution in [3.05, 3.63) is 52.5 Å². The van der Waals surface area contributed by atoms with Gasteiger partial charge in [-0.05, 0) is 30.6 Å². The van der Waals surface area contributed by atoms with Gasteiger partial charge in [0.1, 0.15) is 0 Å². The molecule has 0 spiro atoms. The van der Waals surface area contributed by atoms with Crippen LogP contribution in [0.3, 0.4) is 0 Å². The zero-order valence-corrected chi connectivity index (χ0v) is 21.7. The first kappa shape index (κ1) is 24.6. The zero-order valence-electron chi connectivity index (χ0n) is 17.7. The first-order valence-corrected chi connectivity index (χ1v) is 10.6. The number of hydrogen-bond acceptors (Lipinski definition) is 0. The second kappa shape index (κ2) is 8.80. The number of halogens is 2. The smallest absolute Gasteiger partial charge is 1.00 e. The Kier molecular flexibility index (Phi) is 7.72. The van der Waals surface area contributed by atoms with E-state index in [2.05, 4.69) is 52.0 Å². The van der Waals surface area contributed by atoms with Gasteiger partial charge in [0.05, 0.1) is 0 Å². The number of allylic oxidation sites excluding steroid dienone is 2. The Labute approximate surface area is 203 Å². The molecular weight excluding hydrogens is 462 g/mol. The molecule has 0 saturated heterocycles. The summed E-state index contributed by atoms with van der Waals surface area (Å²) < 4.78 is 0. The van der Waals surface area contributed by atoms with E-state index in [1.807, 2.05) is 11.1 Å². The normalized spacial score (nSPS) is 34.6. The van der Waals surface area contributed by atoms with E-state index in [9.17, 15) is 0 Å². The maximum absolute atomic E-state index is 2.51. The second-order valence-corrected chi connectivity index (χ2v) is 9.99. The first-order chi connectivity index (χ1) is 12.0. The van der Waals surface area contributed by atoms with Gasteiger partial charge < -0.3 is 24.8 Å². The molecule has 28 heavy (non-hydrogen) atoms. The monoisotopic (exact) mass is 493 g/mol. The number of rotatable bonds is 0. The Morgan fingerprint density at radius 2 is 1.64 bits per heavy atom. The van der Waals surface area contributed by atoms with Crippen LogP contribution in [0.4, 0.5) is 0 Å². The Morgan fingerprint density at radius 3 is 2.36 bits per heavy atom. The fraction of sp³-hybridized carbons (Fsp3) is 0.640. The molecule has 0 N–H and O–H groups in total. The van der Waals surface area contributed by atoms with Crippen molar-refractivity contribution >= 4 is 0 Å². The molecule has 5 rings (SSSR count). The number of benzene rings is 1. The zero-order chi connectivity index (χ0) is 17.3. The minimum atomic E-state index is 0. The molecule has 0 amide bonds. The van der Waals surface area contributed by atoms with E-state index in [-0.39, 0.29) is 51.0 Å². The summed E-state index contributed by atoms with van der Waals surface area (Å²) in [6.45, 7) is 9.99. The average molecular weight is 496 g/mol. The quantitative estimate of drug-likeness (QED) is 0.466. The molecule has 5 unspecified atom stereocenters. The summed E-state index contributed by atoms with van der Waals surface area (Å²) in [7, 11) is 0. The van der Waals surface area contributed by atoms with Crippen LogP contribution in [-0.2, 0) is 32.6 Å². The van der Waals surface area contributed by atoms with Gasteiger partial charge in [-0.25, -0.2) is 17.1 Å². The van der Waals surface area contributed by atoms with E-state index in [0.29, 0.717) is 5.41 Å². The summed E-state index contributed by atoms with van der Waals surface area (Å²) in [5, 5.41) is 0. The Balaban J connectivity index is 0.000000934. The van der Waals surface area contributed by atoms with Crippen LogP contribution in [0.5, 0.6) is 0 Å². The molecule has 1 aromatic rings. The fourth-order valence-corrected chi connectivity index (χ4v) is 7.01. The Hall–Kier alpha value is 0.293. The van der Waals surface area contributed by atoms with E-state index in [4.69, 9.17) is 0 Å². The van der Waals surface area contributed by atoms with Gasteiger partial charge in [-0.3, -0.25) is 0 Å². The second-order valence-electron chi connectivity index (χ2n) is 9.99.